The highest BCUT2D eigenvalue weighted by Crippen LogP contribution is 2.22. The van der Waals surface area contributed by atoms with Crippen molar-refractivity contribution in [2.24, 2.45) is 0 Å². The van der Waals surface area contributed by atoms with Crippen molar-refractivity contribution < 1.29 is 23.1 Å². The van der Waals surface area contributed by atoms with Crippen molar-refractivity contribution in [1.29, 1.82) is 0 Å². The molecule has 1 unspecified atom stereocenters. The molecule has 0 fully saturated rings. The summed E-state index contributed by atoms with van der Waals surface area (Å²) in [4.78, 5) is 24.2. The van der Waals surface area contributed by atoms with E-state index in [0.717, 1.165) is 6.42 Å². The molecule has 0 spiro atoms. The molecule has 0 heterocycles. The second kappa shape index (κ2) is 11.5. The normalized spacial score (nSPS) is 13.4. The van der Waals surface area contributed by atoms with Gasteiger partial charge in [-0.2, -0.15) is 4.72 Å². The second-order valence-corrected chi connectivity index (χ2v) is 9.60. The van der Waals surface area contributed by atoms with Gasteiger partial charge in [0.25, 0.3) is 0 Å². The fourth-order valence-electron chi connectivity index (χ4n) is 2.91. The van der Waals surface area contributed by atoms with Gasteiger partial charge in [-0.1, -0.05) is 73.3 Å². The van der Waals surface area contributed by atoms with Gasteiger partial charge >= 0.3 is 5.97 Å². The number of carbonyl (C=O) groups is 2. The van der Waals surface area contributed by atoms with E-state index in [0.29, 0.717) is 12.0 Å². The van der Waals surface area contributed by atoms with Crippen LogP contribution in [0.1, 0.15) is 31.7 Å². The quantitative estimate of drug-likeness (QED) is 0.448. The molecule has 0 radical (unpaired) electrons. The van der Waals surface area contributed by atoms with Crippen LogP contribution in [-0.4, -0.2) is 37.5 Å². The molecule has 2 rings (SSSR count). The van der Waals surface area contributed by atoms with Crippen molar-refractivity contribution >= 4 is 45.1 Å². The third-order valence-electron chi connectivity index (χ3n) is 4.50. The average molecular weight is 487 g/mol. The van der Waals surface area contributed by atoms with Crippen LogP contribution in [0.15, 0.2) is 53.4 Å². The molecule has 0 saturated carbocycles. The fraction of sp³-hybridized carbons (Fsp3) is 0.333. The number of amides is 1. The van der Waals surface area contributed by atoms with Gasteiger partial charge in [0.05, 0.1) is 4.90 Å². The zero-order valence-corrected chi connectivity index (χ0v) is 19.2. The summed E-state index contributed by atoms with van der Waals surface area (Å²) in [5.74, 6) is -1.91. The number of aliphatic carboxylic acids is 1. The largest absolute Gasteiger partial charge is 0.480 e. The van der Waals surface area contributed by atoms with Crippen LogP contribution in [0.3, 0.4) is 0 Å². The van der Waals surface area contributed by atoms with Crippen molar-refractivity contribution in [1.82, 2.24) is 10.0 Å². The third kappa shape index (κ3) is 7.81. The molecule has 0 aliphatic carbocycles. The van der Waals surface area contributed by atoms with Gasteiger partial charge in [-0.25, -0.2) is 13.2 Å². The Labute approximate surface area is 191 Å². The minimum Gasteiger partial charge on any atom is -0.480 e. The molecule has 168 valence electrons. The Balaban J connectivity index is 2.31. The summed E-state index contributed by atoms with van der Waals surface area (Å²) in [6.45, 7) is 1.91. The van der Waals surface area contributed by atoms with Gasteiger partial charge in [0.15, 0.2) is 0 Å². The minimum absolute atomic E-state index is 0.0281. The number of benzene rings is 2. The summed E-state index contributed by atoms with van der Waals surface area (Å²) in [5.41, 5.74) is 0.704. The maximum absolute atomic E-state index is 12.9. The first-order valence-corrected chi connectivity index (χ1v) is 11.9. The summed E-state index contributed by atoms with van der Waals surface area (Å²) in [6, 6.07) is 10.3. The van der Waals surface area contributed by atoms with Gasteiger partial charge in [-0.05, 0) is 36.6 Å². The van der Waals surface area contributed by atoms with E-state index in [9.17, 15) is 23.1 Å². The first-order valence-electron chi connectivity index (χ1n) is 9.68. The van der Waals surface area contributed by atoms with Gasteiger partial charge in [0.2, 0.25) is 15.9 Å². The van der Waals surface area contributed by atoms with Crippen LogP contribution in [0.5, 0.6) is 0 Å². The molecule has 0 saturated heterocycles. The molecular formula is C21H24Cl2N2O5S. The number of hydrogen-bond acceptors (Lipinski definition) is 4. The number of carboxylic acids is 1. The molecule has 0 aromatic heterocycles. The number of carbonyl (C=O) groups excluding carboxylic acids is 1. The smallest absolute Gasteiger partial charge is 0.326 e. The third-order valence-corrected chi connectivity index (χ3v) is 6.39. The predicted octanol–water partition coefficient (Wildman–Crippen LogP) is 3.64. The lowest BCUT2D eigenvalue weighted by atomic mass is 10.0. The average Bonchev–Trinajstić information content (AvgIpc) is 2.70. The van der Waals surface area contributed by atoms with Crippen molar-refractivity contribution in [3.8, 4) is 0 Å². The van der Waals surface area contributed by atoms with Crippen LogP contribution in [0.4, 0.5) is 0 Å². The maximum atomic E-state index is 12.9. The lowest BCUT2D eigenvalue weighted by Gasteiger charge is -2.22. The number of carboxylic acid groups (broad SMARTS) is 1. The van der Waals surface area contributed by atoms with Crippen molar-refractivity contribution in [3.63, 3.8) is 0 Å². The Morgan fingerprint density at radius 2 is 1.65 bits per heavy atom. The van der Waals surface area contributed by atoms with E-state index in [2.05, 4.69) is 10.0 Å². The molecule has 3 N–H and O–H groups in total. The monoisotopic (exact) mass is 486 g/mol. The molecule has 2 aromatic carbocycles. The van der Waals surface area contributed by atoms with E-state index in [1.54, 1.807) is 30.3 Å². The molecule has 7 nitrogen and oxygen atoms in total. The lowest BCUT2D eigenvalue weighted by Crippen LogP contribution is -2.52. The van der Waals surface area contributed by atoms with E-state index in [4.69, 9.17) is 23.2 Å². The van der Waals surface area contributed by atoms with E-state index in [1.165, 1.54) is 18.2 Å². The summed E-state index contributed by atoms with van der Waals surface area (Å²) >= 11 is 11.8. The highest BCUT2D eigenvalue weighted by molar-refractivity contribution is 7.89. The molecule has 0 bridgehead atoms. The number of halogens is 2. The minimum atomic E-state index is -4.17. The summed E-state index contributed by atoms with van der Waals surface area (Å²) in [7, 11) is -4.17. The number of sulfonamides is 1. The highest BCUT2D eigenvalue weighted by atomic mass is 35.5. The molecule has 2 aromatic rings. The fourth-order valence-corrected chi connectivity index (χ4v) is 4.84. The summed E-state index contributed by atoms with van der Waals surface area (Å²) in [6.07, 6.45) is 1.63. The molecule has 2 atom stereocenters. The zero-order valence-electron chi connectivity index (χ0n) is 16.8. The van der Waals surface area contributed by atoms with Crippen LogP contribution in [0, 0.1) is 0 Å². The highest BCUT2D eigenvalue weighted by Gasteiger charge is 2.29. The Kier molecular flexibility index (Phi) is 9.31. The Morgan fingerprint density at radius 1 is 1.03 bits per heavy atom. The topological polar surface area (TPSA) is 113 Å². The lowest BCUT2D eigenvalue weighted by molar-refractivity contribution is -0.142. The van der Waals surface area contributed by atoms with E-state index in [1.807, 2.05) is 6.92 Å². The Morgan fingerprint density at radius 3 is 2.19 bits per heavy atom. The van der Waals surface area contributed by atoms with Crippen molar-refractivity contribution in [3.05, 3.63) is 64.1 Å². The van der Waals surface area contributed by atoms with Gasteiger partial charge in [-0.15, -0.1) is 0 Å². The van der Waals surface area contributed by atoms with E-state index in [-0.39, 0.29) is 27.8 Å². The standard InChI is InChI=1S/C21H24Cl2N2O5S/c1-2-3-9-18(21(27)28)24-20(26)19(10-14-7-5-4-6-8-14)25-31(29,30)17-12-15(22)11-16(23)13-17/h4-8,11-13,18-19,25H,2-3,9-10H2,1H3,(H,24,26)(H,27,28)/t18?,19-/m0/s1. The maximum Gasteiger partial charge on any atom is 0.326 e. The molecule has 0 aliphatic heterocycles. The number of unbranched alkanes of at least 4 members (excludes halogenated alkanes) is 1. The van der Waals surface area contributed by atoms with Gasteiger partial charge in [-0.3, -0.25) is 4.79 Å². The van der Waals surface area contributed by atoms with Crippen molar-refractivity contribution in [2.75, 3.05) is 0 Å². The van der Waals surface area contributed by atoms with Crippen molar-refractivity contribution in [2.45, 2.75) is 49.6 Å². The van der Waals surface area contributed by atoms with Crippen LogP contribution in [-0.2, 0) is 26.0 Å². The van der Waals surface area contributed by atoms with E-state index < -0.39 is 34.0 Å². The Bertz CT molecular complexity index is 995. The molecule has 0 aliphatic rings. The molecule has 1 amide bonds. The zero-order chi connectivity index (χ0) is 23.0. The number of hydrogen-bond donors (Lipinski definition) is 3. The SMILES string of the molecule is CCCCC(NC(=O)[C@H](Cc1ccccc1)NS(=O)(=O)c1cc(Cl)cc(Cl)c1)C(=O)O. The predicted molar refractivity (Wildman–Crippen MR) is 120 cm³/mol. The van der Waals surface area contributed by atoms with Gasteiger partial charge in [0.1, 0.15) is 12.1 Å². The van der Waals surface area contributed by atoms with Gasteiger partial charge < -0.3 is 10.4 Å². The Hall–Kier alpha value is -2.13. The van der Waals surface area contributed by atoms with Gasteiger partial charge in [0, 0.05) is 10.0 Å². The summed E-state index contributed by atoms with van der Waals surface area (Å²) in [5, 5.41) is 12.1. The van der Waals surface area contributed by atoms with Crippen LogP contribution < -0.4 is 10.0 Å². The van der Waals surface area contributed by atoms with Crippen LogP contribution in [0.2, 0.25) is 10.0 Å². The first-order chi connectivity index (χ1) is 14.6. The van der Waals surface area contributed by atoms with E-state index >= 15 is 0 Å². The molecular weight excluding hydrogens is 463 g/mol. The number of nitrogens with one attached hydrogen (secondary N) is 2. The second-order valence-electron chi connectivity index (χ2n) is 7.01. The molecule has 10 heteroatoms. The number of rotatable bonds is 11. The first kappa shape index (κ1) is 25.1. The molecule has 31 heavy (non-hydrogen) atoms. The van der Waals surface area contributed by atoms with Crippen LogP contribution >= 0.6 is 23.2 Å². The van der Waals surface area contributed by atoms with Crippen LogP contribution in [0.25, 0.3) is 0 Å². The summed E-state index contributed by atoms with van der Waals surface area (Å²) < 4.78 is 28.2.